The van der Waals surface area contributed by atoms with Crippen molar-refractivity contribution in [1.82, 2.24) is 20.6 Å². The minimum absolute atomic E-state index is 0.0519. The number of methoxy groups -OCH3 is 2. The number of H-pyrrole nitrogens is 2. The molecule has 0 aliphatic carbocycles. The van der Waals surface area contributed by atoms with Crippen molar-refractivity contribution in [2.75, 3.05) is 14.2 Å². The van der Waals surface area contributed by atoms with Crippen molar-refractivity contribution in [3.05, 3.63) is 118 Å². The van der Waals surface area contributed by atoms with Gasteiger partial charge in [0.15, 0.2) is 0 Å². The molecular weight excluding hydrogens is 697 g/mol. The molecule has 6 aromatic rings. The number of nitrogens with one attached hydrogen (secondary N) is 4. The van der Waals surface area contributed by atoms with Crippen LogP contribution in [0.4, 0.5) is 0 Å². The lowest BCUT2D eigenvalue weighted by Crippen LogP contribution is -2.23. The zero-order chi connectivity index (χ0) is 37.5. The summed E-state index contributed by atoms with van der Waals surface area (Å²) in [4.78, 5) is 56.7. The summed E-state index contributed by atoms with van der Waals surface area (Å²) in [5.41, 5.74) is 5.24. The Morgan fingerprint density at radius 1 is 0.623 bits per heavy atom. The predicted molar refractivity (Wildman–Crippen MR) is 200 cm³/mol. The monoisotopic (exact) mass is 734 g/mol. The van der Waals surface area contributed by atoms with Gasteiger partial charge in [0.05, 0.1) is 24.3 Å². The zero-order valence-electron chi connectivity index (χ0n) is 29.1. The molecular formula is C40H38N4O8S. The van der Waals surface area contributed by atoms with Crippen molar-refractivity contribution < 1.29 is 38.9 Å². The third-order valence-electron chi connectivity index (χ3n) is 8.87. The molecule has 0 atom stereocenters. The summed E-state index contributed by atoms with van der Waals surface area (Å²) >= 11 is 1.52. The van der Waals surface area contributed by atoms with E-state index in [-0.39, 0.29) is 60.4 Å². The number of para-hydroxylation sites is 2. The predicted octanol–water partition coefficient (Wildman–Crippen LogP) is 6.28. The summed E-state index contributed by atoms with van der Waals surface area (Å²) in [6.45, 7) is 0.360. The third kappa shape index (κ3) is 8.47. The van der Waals surface area contributed by atoms with Gasteiger partial charge < -0.3 is 40.3 Å². The quantitative estimate of drug-likeness (QED) is 0.0702. The van der Waals surface area contributed by atoms with E-state index in [1.54, 1.807) is 12.1 Å². The molecule has 0 unspecified atom stereocenters. The number of phenolic OH excluding ortho intramolecular Hbond substituents is 2. The highest BCUT2D eigenvalue weighted by Gasteiger charge is 2.20. The fourth-order valence-electron chi connectivity index (χ4n) is 6.12. The number of aromatic hydroxyl groups is 2. The molecule has 6 rings (SSSR count). The SMILES string of the molecule is COC(=O)c1ccc(CNC(=O)CCc2c(Sc3[nH]c4ccccc4c3CCC(=O)NCc3ccc(C(=O)OC)c(O)c3)[nH]c3ccccc23)cc1O. The van der Waals surface area contributed by atoms with Crippen LogP contribution in [0.15, 0.2) is 95.0 Å². The van der Waals surface area contributed by atoms with Gasteiger partial charge in [0, 0.05) is 47.7 Å². The zero-order valence-corrected chi connectivity index (χ0v) is 29.9. The Hall–Kier alpha value is -6.21. The van der Waals surface area contributed by atoms with Gasteiger partial charge in [-0.25, -0.2) is 9.59 Å². The number of benzene rings is 4. The van der Waals surface area contributed by atoms with E-state index in [2.05, 4.69) is 30.1 Å². The van der Waals surface area contributed by atoms with Gasteiger partial charge in [-0.1, -0.05) is 60.3 Å². The number of aryl methyl sites for hydroxylation is 2. The van der Waals surface area contributed by atoms with Crippen molar-refractivity contribution >= 4 is 57.3 Å². The van der Waals surface area contributed by atoms with Gasteiger partial charge >= 0.3 is 11.9 Å². The van der Waals surface area contributed by atoms with E-state index in [0.717, 1.165) is 43.0 Å². The number of aromatic nitrogens is 2. The van der Waals surface area contributed by atoms with Gasteiger partial charge in [0.1, 0.15) is 22.6 Å². The number of rotatable bonds is 14. The number of hydrogen-bond acceptors (Lipinski definition) is 9. The van der Waals surface area contributed by atoms with E-state index in [1.165, 1.54) is 50.2 Å². The Morgan fingerprint density at radius 3 is 1.43 bits per heavy atom. The highest BCUT2D eigenvalue weighted by atomic mass is 32.2. The van der Waals surface area contributed by atoms with Crippen LogP contribution in [0.2, 0.25) is 0 Å². The minimum Gasteiger partial charge on any atom is -0.507 e. The van der Waals surface area contributed by atoms with Gasteiger partial charge in [-0.2, -0.15) is 0 Å². The first-order chi connectivity index (χ1) is 25.6. The van der Waals surface area contributed by atoms with E-state index >= 15 is 0 Å². The average Bonchev–Trinajstić information content (AvgIpc) is 3.70. The van der Waals surface area contributed by atoms with Gasteiger partial charge in [-0.3, -0.25) is 9.59 Å². The number of amides is 2. The molecule has 0 saturated heterocycles. The standard InChI is InChI=1S/C40H38N4O8S/c1-51-39(49)29-13-11-23(19-33(29)45)21-41-35(47)17-15-27-25-7-3-5-9-31(25)43-37(27)53-38-28(26-8-4-6-10-32(26)44-38)16-18-36(48)42-22-24-12-14-30(34(46)20-24)40(50)52-2/h3-14,19-20,43-46H,15-18,21-22H2,1-2H3,(H,41,47)(H,42,48). The van der Waals surface area contributed by atoms with Crippen LogP contribution >= 0.6 is 11.8 Å². The fraction of sp³-hybridized carbons (Fsp3) is 0.200. The van der Waals surface area contributed by atoms with E-state index in [4.69, 9.17) is 0 Å². The molecule has 0 spiro atoms. The maximum Gasteiger partial charge on any atom is 0.341 e. The van der Waals surface area contributed by atoms with Gasteiger partial charge in [-0.15, -0.1) is 0 Å². The number of carbonyl (C=O) groups excluding carboxylic acids is 4. The average molecular weight is 735 g/mol. The molecule has 0 saturated carbocycles. The molecule has 272 valence electrons. The maximum atomic E-state index is 13.0. The molecule has 4 aromatic carbocycles. The van der Waals surface area contributed by atoms with Gasteiger partial charge in [-0.05, 0) is 71.5 Å². The Kier molecular flexibility index (Phi) is 11.3. The smallest absolute Gasteiger partial charge is 0.341 e. The summed E-state index contributed by atoms with van der Waals surface area (Å²) in [7, 11) is 2.48. The lowest BCUT2D eigenvalue weighted by molar-refractivity contribution is -0.122. The molecule has 0 bridgehead atoms. The molecule has 2 amide bonds. The molecule has 0 aliphatic heterocycles. The number of phenols is 2. The first kappa shape index (κ1) is 36.6. The topological polar surface area (TPSA) is 183 Å². The number of ether oxygens (including phenoxy) is 2. The van der Waals surface area contributed by atoms with E-state index < -0.39 is 11.9 Å². The Balaban J connectivity index is 1.14. The Morgan fingerprint density at radius 2 is 1.04 bits per heavy atom. The van der Waals surface area contributed by atoms with Crippen LogP contribution in [0.25, 0.3) is 21.8 Å². The maximum absolute atomic E-state index is 13.0. The lowest BCUT2D eigenvalue weighted by Gasteiger charge is -2.10. The van der Waals surface area contributed by atoms with Crippen LogP contribution < -0.4 is 10.6 Å². The van der Waals surface area contributed by atoms with Crippen LogP contribution in [0.5, 0.6) is 11.5 Å². The Bertz CT molecular complexity index is 2170. The van der Waals surface area contributed by atoms with Crippen molar-refractivity contribution in [2.24, 2.45) is 0 Å². The fourth-order valence-corrected chi connectivity index (χ4v) is 7.31. The first-order valence-electron chi connectivity index (χ1n) is 16.9. The van der Waals surface area contributed by atoms with Crippen LogP contribution in [0.3, 0.4) is 0 Å². The largest absolute Gasteiger partial charge is 0.507 e. The molecule has 2 aromatic heterocycles. The second-order valence-electron chi connectivity index (χ2n) is 12.3. The third-order valence-corrected chi connectivity index (χ3v) is 9.98. The number of carbonyl (C=O) groups is 4. The molecule has 13 heteroatoms. The molecule has 0 fully saturated rings. The van der Waals surface area contributed by atoms with Crippen molar-refractivity contribution in [3.63, 3.8) is 0 Å². The van der Waals surface area contributed by atoms with Crippen LogP contribution in [-0.2, 0) is 45.0 Å². The van der Waals surface area contributed by atoms with E-state index in [0.29, 0.717) is 24.0 Å². The number of aromatic amines is 2. The van der Waals surface area contributed by atoms with Crippen molar-refractivity contribution in [3.8, 4) is 11.5 Å². The number of hydrogen-bond donors (Lipinski definition) is 6. The highest BCUT2D eigenvalue weighted by Crippen LogP contribution is 2.39. The van der Waals surface area contributed by atoms with Crippen LogP contribution in [-0.4, -0.2) is 58.2 Å². The summed E-state index contributed by atoms with van der Waals surface area (Å²) < 4.78 is 9.34. The normalized spacial score (nSPS) is 11.1. The van der Waals surface area contributed by atoms with E-state index in [1.807, 2.05) is 48.5 Å². The molecule has 0 radical (unpaired) electrons. The lowest BCUT2D eigenvalue weighted by atomic mass is 10.1. The van der Waals surface area contributed by atoms with Crippen molar-refractivity contribution in [1.29, 1.82) is 0 Å². The molecule has 53 heavy (non-hydrogen) atoms. The van der Waals surface area contributed by atoms with Crippen LogP contribution in [0, 0.1) is 0 Å². The first-order valence-corrected chi connectivity index (χ1v) is 17.7. The molecule has 0 aliphatic rings. The molecule has 2 heterocycles. The van der Waals surface area contributed by atoms with E-state index in [9.17, 15) is 29.4 Å². The summed E-state index contributed by atoms with van der Waals surface area (Å²) in [5.74, 6) is -2.06. The van der Waals surface area contributed by atoms with Gasteiger partial charge in [0.25, 0.3) is 0 Å². The van der Waals surface area contributed by atoms with Gasteiger partial charge in [0.2, 0.25) is 11.8 Å². The highest BCUT2D eigenvalue weighted by molar-refractivity contribution is 7.99. The number of fused-ring (bicyclic) bond motifs is 2. The Labute approximate surface area is 308 Å². The molecule has 6 N–H and O–H groups in total. The summed E-state index contributed by atoms with van der Waals surface area (Å²) in [6.07, 6.45) is 1.34. The minimum atomic E-state index is -0.643. The van der Waals surface area contributed by atoms with Crippen LogP contribution in [0.1, 0.15) is 55.8 Å². The second kappa shape index (κ2) is 16.4. The number of esters is 2. The van der Waals surface area contributed by atoms with Crippen molar-refractivity contribution in [2.45, 2.75) is 48.8 Å². The molecule has 12 nitrogen and oxygen atoms in total. The summed E-state index contributed by atoms with van der Waals surface area (Å²) in [5, 5.41) is 30.0. The second-order valence-corrected chi connectivity index (χ2v) is 13.3. The summed E-state index contributed by atoms with van der Waals surface area (Å²) in [6, 6.07) is 24.9.